The van der Waals surface area contributed by atoms with Crippen LogP contribution in [-0.2, 0) is 0 Å². The van der Waals surface area contributed by atoms with E-state index in [2.05, 4.69) is 0 Å². The van der Waals surface area contributed by atoms with Gasteiger partial charge in [0.05, 0.1) is 5.56 Å². The Hall–Kier alpha value is -1.58. The number of aromatic carboxylic acids is 1. The van der Waals surface area contributed by atoms with Crippen LogP contribution < -0.4 is 5.73 Å². The van der Waals surface area contributed by atoms with Gasteiger partial charge < -0.3 is 10.8 Å². The maximum Gasteiger partial charge on any atom is 0.338 e. The van der Waals surface area contributed by atoms with Gasteiger partial charge in [-0.05, 0) is 24.6 Å². The third-order valence-corrected chi connectivity index (χ3v) is 1.51. The number of carboxylic acids is 1. The number of nitrogen functional groups attached to an aromatic ring is 1. The van der Waals surface area contributed by atoms with E-state index in [4.69, 9.17) is 10.8 Å². The number of rotatable bonds is 1. The minimum atomic E-state index is -1.30. The summed E-state index contributed by atoms with van der Waals surface area (Å²) in [5.41, 5.74) is 5.45. The van der Waals surface area contributed by atoms with Gasteiger partial charge in [0.25, 0.3) is 0 Å². The van der Waals surface area contributed by atoms with Crippen LogP contribution in [-0.4, -0.2) is 11.1 Å². The molecule has 0 saturated carbocycles. The number of carboxylic acid groups (broad SMARTS) is 1. The van der Waals surface area contributed by atoms with Gasteiger partial charge in [-0.1, -0.05) is 0 Å². The molecule has 1 rings (SSSR count). The van der Waals surface area contributed by atoms with Crippen LogP contribution in [0.15, 0.2) is 12.1 Å². The minimum absolute atomic E-state index is 0.243. The van der Waals surface area contributed by atoms with Crippen LogP contribution in [0.1, 0.15) is 15.9 Å². The zero-order chi connectivity index (χ0) is 9.30. The number of benzene rings is 1. The number of hydrogen-bond acceptors (Lipinski definition) is 2. The lowest BCUT2D eigenvalue weighted by Crippen LogP contribution is -2.03. The van der Waals surface area contributed by atoms with Gasteiger partial charge in [0.2, 0.25) is 0 Å². The molecule has 64 valence electrons. The summed E-state index contributed by atoms with van der Waals surface area (Å²) in [6.07, 6.45) is 0. The van der Waals surface area contributed by atoms with Gasteiger partial charge in [-0.2, -0.15) is 0 Å². The smallest absolute Gasteiger partial charge is 0.338 e. The monoisotopic (exact) mass is 169 g/mol. The molecule has 0 aliphatic carbocycles. The summed E-state index contributed by atoms with van der Waals surface area (Å²) in [4.78, 5) is 10.4. The van der Waals surface area contributed by atoms with Crippen molar-refractivity contribution in [1.82, 2.24) is 0 Å². The average Bonchev–Trinajstić information content (AvgIpc) is 1.96. The molecular formula is C8H8FNO2. The van der Waals surface area contributed by atoms with Gasteiger partial charge in [0.15, 0.2) is 0 Å². The Morgan fingerprint density at radius 2 is 2.17 bits per heavy atom. The largest absolute Gasteiger partial charge is 0.478 e. The van der Waals surface area contributed by atoms with Gasteiger partial charge in [-0.15, -0.1) is 0 Å². The molecule has 0 fully saturated rings. The SMILES string of the molecule is Cc1cc(N)cc(C(=O)O)c1F. The van der Waals surface area contributed by atoms with Gasteiger partial charge in [0, 0.05) is 5.69 Å². The van der Waals surface area contributed by atoms with Crippen LogP contribution in [0.3, 0.4) is 0 Å². The van der Waals surface area contributed by atoms with E-state index in [0.717, 1.165) is 6.07 Å². The number of carbonyl (C=O) groups is 1. The molecule has 0 amide bonds. The van der Waals surface area contributed by atoms with Crippen molar-refractivity contribution >= 4 is 11.7 Å². The summed E-state index contributed by atoms with van der Waals surface area (Å²) in [7, 11) is 0. The van der Waals surface area contributed by atoms with Crippen molar-refractivity contribution in [3.8, 4) is 0 Å². The molecule has 3 N–H and O–H groups in total. The first-order valence-corrected chi connectivity index (χ1v) is 3.31. The first kappa shape index (κ1) is 8.52. The van der Waals surface area contributed by atoms with Crippen molar-refractivity contribution in [2.45, 2.75) is 6.92 Å². The van der Waals surface area contributed by atoms with Crippen LogP contribution in [0.25, 0.3) is 0 Å². The van der Waals surface area contributed by atoms with Crippen LogP contribution in [0.5, 0.6) is 0 Å². The number of anilines is 1. The fraction of sp³-hybridized carbons (Fsp3) is 0.125. The summed E-state index contributed by atoms with van der Waals surface area (Å²) < 4.78 is 13.0. The number of hydrogen-bond donors (Lipinski definition) is 2. The molecule has 1 aromatic carbocycles. The zero-order valence-electron chi connectivity index (χ0n) is 6.47. The van der Waals surface area contributed by atoms with Crippen molar-refractivity contribution in [3.05, 3.63) is 29.1 Å². The van der Waals surface area contributed by atoms with Gasteiger partial charge in [-0.25, -0.2) is 9.18 Å². The van der Waals surface area contributed by atoms with Gasteiger partial charge >= 0.3 is 5.97 Å². The number of aryl methyl sites for hydroxylation is 1. The molecule has 12 heavy (non-hydrogen) atoms. The molecule has 0 aliphatic rings. The quantitative estimate of drug-likeness (QED) is 0.625. The highest BCUT2D eigenvalue weighted by molar-refractivity contribution is 5.89. The van der Waals surface area contributed by atoms with Crippen molar-refractivity contribution < 1.29 is 14.3 Å². The maximum absolute atomic E-state index is 13.0. The highest BCUT2D eigenvalue weighted by atomic mass is 19.1. The standard InChI is InChI=1S/C8H8FNO2/c1-4-2-5(10)3-6(7(4)9)8(11)12/h2-3H,10H2,1H3,(H,11,12). The maximum atomic E-state index is 13.0. The topological polar surface area (TPSA) is 63.3 Å². The lowest BCUT2D eigenvalue weighted by Gasteiger charge is -2.02. The Morgan fingerprint density at radius 3 is 2.67 bits per heavy atom. The highest BCUT2D eigenvalue weighted by Crippen LogP contribution is 2.16. The average molecular weight is 169 g/mol. The molecule has 3 nitrogen and oxygen atoms in total. The molecular weight excluding hydrogens is 161 g/mol. The van der Waals surface area contributed by atoms with Crippen LogP contribution in [0.2, 0.25) is 0 Å². The second-order valence-electron chi connectivity index (χ2n) is 2.50. The van der Waals surface area contributed by atoms with Crippen LogP contribution in [0, 0.1) is 12.7 Å². The second-order valence-corrected chi connectivity index (χ2v) is 2.50. The summed E-state index contributed by atoms with van der Waals surface area (Å²) in [5.74, 6) is -2.03. The van der Waals surface area contributed by atoms with Crippen molar-refractivity contribution in [2.24, 2.45) is 0 Å². The van der Waals surface area contributed by atoms with Crippen molar-refractivity contribution in [3.63, 3.8) is 0 Å². The first-order valence-electron chi connectivity index (χ1n) is 3.31. The van der Waals surface area contributed by atoms with Gasteiger partial charge in [0.1, 0.15) is 5.82 Å². The fourth-order valence-electron chi connectivity index (χ4n) is 0.953. The predicted molar refractivity (Wildman–Crippen MR) is 42.5 cm³/mol. The summed E-state index contributed by atoms with van der Waals surface area (Å²) >= 11 is 0. The van der Waals surface area contributed by atoms with E-state index >= 15 is 0 Å². The summed E-state index contributed by atoms with van der Waals surface area (Å²) in [5, 5.41) is 8.52. The fourth-order valence-corrected chi connectivity index (χ4v) is 0.953. The Morgan fingerprint density at radius 1 is 1.58 bits per heavy atom. The molecule has 0 bridgehead atoms. The molecule has 4 heteroatoms. The normalized spacial score (nSPS) is 9.83. The summed E-state index contributed by atoms with van der Waals surface area (Å²) in [6, 6.07) is 2.49. The molecule has 0 heterocycles. The third kappa shape index (κ3) is 1.37. The molecule has 0 aromatic heterocycles. The first-order chi connectivity index (χ1) is 5.52. The Labute approximate surface area is 68.6 Å². The Bertz CT molecular complexity index is 336. The molecule has 0 unspecified atom stereocenters. The van der Waals surface area contributed by atoms with Gasteiger partial charge in [-0.3, -0.25) is 0 Å². The van der Waals surface area contributed by atoms with E-state index in [0.29, 0.717) is 0 Å². The number of halogens is 1. The van der Waals surface area contributed by atoms with Crippen molar-refractivity contribution in [1.29, 1.82) is 0 Å². The van der Waals surface area contributed by atoms with Crippen LogP contribution in [0.4, 0.5) is 10.1 Å². The lowest BCUT2D eigenvalue weighted by atomic mass is 10.1. The molecule has 1 aromatic rings. The highest BCUT2D eigenvalue weighted by Gasteiger charge is 2.12. The van der Waals surface area contributed by atoms with Crippen LogP contribution >= 0.6 is 0 Å². The van der Waals surface area contributed by atoms with E-state index in [-0.39, 0.29) is 16.8 Å². The van der Waals surface area contributed by atoms with E-state index in [9.17, 15) is 9.18 Å². The lowest BCUT2D eigenvalue weighted by molar-refractivity contribution is 0.0691. The van der Waals surface area contributed by atoms with Crippen molar-refractivity contribution in [2.75, 3.05) is 5.73 Å². The molecule has 0 saturated heterocycles. The molecule has 0 aliphatic heterocycles. The number of nitrogens with two attached hydrogens (primary N) is 1. The summed E-state index contributed by atoms with van der Waals surface area (Å²) in [6.45, 7) is 1.47. The predicted octanol–water partition coefficient (Wildman–Crippen LogP) is 1.41. The van der Waals surface area contributed by atoms with E-state index < -0.39 is 11.8 Å². The molecule has 0 radical (unpaired) electrons. The molecule has 0 spiro atoms. The Kier molecular flexibility index (Phi) is 1.99. The van der Waals surface area contributed by atoms with E-state index in [1.54, 1.807) is 0 Å². The second kappa shape index (κ2) is 2.81. The molecule has 0 atom stereocenters. The Balaban J connectivity index is 3.37. The third-order valence-electron chi connectivity index (χ3n) is 1.51. The van der Waals surface area contributed by atoms with E-state index in [1.165, 1.54) is 13.0 Å². The van der Waals surface area contributed by atoms with E-state index in [1.807, 2.05) is 0 Å². The zero-order valence-corrected chi connectivity index (χ0v) is 6.47. The minimum Gasteiger partial charge on any atom is -0.478 e.